The molecule has 2 heterocycles. The summed E-state index contributed by atoms with van der Waals surface area (Å²) in [4.78, 5) is 58.7. The van der Waals surface area contributed by atoms with Gasteiger partial charge in [0.25, 0.3) is 0 Å². The van der Waals surface area contributed by atoms with Crippen molar-refractivity contribution in [2.24, 2.45) is 11.5 Å². The van der Waals surface area contributed by atoms with Crippen molar-refractivity contribution in [2.75, 3.05) is 69.0 Å². The van der Waals surface area contributed by atoms with Gasteiger partial charge in [-0.2, -0.15) is 0 Å². The summed E-state index contributed by atoms with van der Waals surface area (Å²) in [6.07, 6.45) is 1.87. The van der Waals surface area contributed by atoms with Crippen LogP contribution in [0.15, 0.2) is 97.1 Å². The van der Waals surface area contributed by atoms with Crippen molar-refractivity contribution < 1.29 is 38.1 Å². The summed E-state index contributed by atoms with van der Waals surface area (Å²) in [5.74, 6) is -0.886. The summed E-state index contributed by atoms with van der Waals surface area (Å²) in [6, 6.07) is 29.5. The number of hydrogen-bond acceptors (Lipinski definition) is 12. The van der Waals surface area contributed by atoms with Crippen molar-refractivity contribution in [3.63, 3.8) is 0 Å². The van der Waals surface area contributed by atoms with E-state index in [1.807, 2.05) is 93.6 Å². The third-order valence-electron chi connectivity index (χ3n) is 13.0. The number of rotatable bonds is 21. The van der Waals surface area contributed by atoms with Crippen molar-refractivity contribution in [1.29, 1.82) is 0 Å². The summed E-state index contributed by atoms with van der Waals surface area (Å²) < 4.78 is 22.9. The van der Waals surface area contributed by atoms with Gasteiger partial charge in [0, 0.05) is 60.7 Å². The molecule has 12 nitrogen and oxygen atoms in total. The number of morpholine rings is 2. The first-order valence-electron chi connectivity index (χ1n) is 22.8. The zero-order valence-corrected chi connectivity index (χ0v) is 38.2. The van der Waals surface area contributed by atoms with Crippen LogP contribution in [0.4, 0.5) is 11.4 Å². The van der Waals surface area contributed by atoms with Gasteiger partial charge in [-0.15, -0.1) is 0 Å². The minimum Gasteiger partial charge on any atom is -0.459 e. The highest BCUT2D eigenvalue weighted by atomic mass is 16.5. The monoisotopic (exact) mass is 874 g/mol. The number of carbonyl (C=O) groups excluding carboxylic acids is 4. The average Bonchev–Trinajstić information content (AvgIpc) is 3.34. The SMILES string of the molecule is CCC(N)(Cc1ccc(C(=O)OC(C)CCOC(C)(CC)C(=O)c2ccc(CC(N)(CC)C(=O)c3ccc(N4CCOCC4)cc3)cc2)cc1)C(=O)c1ccc(N2CCOCC2)cc1. The third kappa shape index (κ3) is 11.7. The lowest BCUT2D eigenvalue weighted by atomic mass is 9.82. The topological polar surface area (TPSA) is 164 Å². The Balaban J connectivity index is 0.970. The molecule has 2 aliphatic heterocycles. The van der Waals surface area contributed by atoms with E-state index in [0.29, 0.717) is 87.2 Å². The molecule has 342 valence electrons. The third-order valence-corrected chi connectivity index (χ3v) is 13.0. The second kappa shape index (κ2) is 21.6. The number of ketones is 3. The summed E-state index contributed by atoms with van der Waals surface area (Å²) in [5.41, 5.74) is 16.0. The maximum Gasteiger partial charge on any atom is 0.338 e. The first-order chi connectivity index (χ1) is 30.7. The van der Waals surface area contributed by atoms with Crippen LogP contribution in [0.5, 0.6) is 0 Å². The van der Waals surface area contributed by atoms with E-state index >= 15 is 0 Å². The predicted molar refractivity (Wildman–Crippen MR) is 251 cm³/mol. The number of benzene rings is 4. The second-order valence-electron chi connectivity index (χ2n) is 17.5. The van der Waals surface area contributed by atoms with E-state index in [1.165, 1.54) is 0 Å². The molecule has 0 aliphatic carbocycles. The lowest BCUT2D eigenvalue weighted by Crippen LogP contribution is -2.49. The number of nitrogens with zero attached hydrogens (tertiary/aromatic N) is 2. The Morgan fingerprint density at radius 3 is 1.34 bits per heavy atom. The lowest BCUT2D eigenvalue weighted by Gasteiger charge is -2.30. The summed E-state index contributed by atoms with van der Waals surface area (Å²) in [6.45, 7) is 15.5. The van der Waals surface area contributed by atoms with Gasteiger partial charge in [0.2, 0.25) is 0 Å². The van der Waals surface area contributed by atoms with Crippen LogP contribution in [0, 0.1) is 0 Å². The second-order valence-corrected chi connectivity index (χ2v) is 17.5. The maximum absolute atomic E-state index is 13.8. The van der Waals surface area contributed by atoms with Gasteiger partial charge in [0.05, 0.1) is 49.7 Å². The average molecular weight is 875 g/mol. The van der Waals surface area contributed by atoms with Gasteiger partial charge in [0.1, 0.15) is 11.7 Å². The molecule has 64 heavy (non-hydrogen) atoms. The van der Waals surface area contributed by atoms with Crippen molar-refractivity contribution in [2.45, 2.75) is 95.9 Å². The molecule has 0 bridgehead atoms. The maximum atomic E-state index is 13.8. The fraction of sp³-hybridized carbons (Fsp3) is 0.462. The van der Waals surface area contributed by atoms with Gasteiger partial charge in [-0.3, -0.25) is 14.4 Å². The molecule has 12 heteroatoms. The van der Waals surface area contributed by atoms with Crippen LogP contribution in [0.2, 0.25) is 0 Å². The van der Waals surface area contributed by atoms with Gasteiger partial charge in [-0.25, -0.2) is 4.79 Å². The van der Waals surface area contributed by atoms with Crippen molar-refractivity contribution >= 4 is 34.7 Å². The van der Waals surface area contributed by atoms with E-state index in [2.05, 4.69) is 9.80 Å². The smallest absolute Gasteiger partial charge is 0.338 e. The highest BCUT2D eigenvalue weighted by molar-refractivity contribution is 6.04. The van der Waals surface area contributed by atoms with Crippen LogP contribution in [0.25, 0.3) is 0 Å². The summed E-state index contributed by atoms with van der Waals surface area (Å²) in [5, 5.41) is 0. The molecule has 0 amide bonds. The van der Waals surface area contributed by atoms with Crippen molar-refractivity contribution in [1.82, 2.24) is 0 Å². The van der Waals surface area contributed by atoms with Crippen LogP contribution in [-0.2, 0) is 31.8 Å². The van der Waals surface area contributed by atoms with Crippen LogP contribution in [-0.4, -0.2) is 105 Å². The Morgan fingerprint density at radius 2 is 0.953 bits per heavy atom. The number of nitrogens with two attached hydrogens (primary N) is 2. The van der Waals surface area contributed by atoms with E-state index in [0.717, 1.165) is 48.7 Å². The highest BCUT2D eigenvalue weighted by Gasteiger charge is 2.36. The van der Waals surface area contributed by atoms with Crippen LogP contribution >= 0.6 is 0 Å². The molecule has 4 aromatic rings. The number of hydrogen-bond donors (Lipinski definition) is 2. The molecular formula is C52H66N4O8. The van der Waals surface area contributed by atoms with E-state index < -0.39 is 28.8 Å². The largest absolute Gasteiger partial charge is 0.459 e. The Kier molecular flexibility index (Phi) is 16.3. The Morgan fingerprint density at radius 1 is 0.578 bits per heavy atom. The first kappa shape index (κ1) is 48.2. The van der Waals surface area contributed by atoms with Gasteiger partial charge >= 0.3 is 5.97 Å². The lowest BCUT2D eigenvalue weighted by molar-refractivity contribution is -0.0308. The molecule has 4 unspecified atom stereocenters. The molecule has 2 aliphatic rings. The van der Waals surface area contributed by atoms with E-state index in [1.54, 1.807) is 38.1 Å². The molecule has 0 spiro atoms. The predicted octanol–water partition coefficient (Wildman–Crippen LogP) is 7.43. The number of carbonyl (C=O) groups is 4. The molecule has 4 N–H and O–H groups in total. The van der Waals surface area contributed by atoms with E-state index in [4.69, 9.17) is 30.4 Å². The summed E-state index contributed by atoms with van der Waals surface area (Å²) in [7, 11) is 0. The highest BCUT2D eigenvalue weighted by Crippen LogP contribution is 2.28. The molecule has 0 saturated carbocycles. The fourth-order valence-corrected chi connectivity index (χ4v) is 8.25. The molecule has 0 aromatic heterocycles. The number of anilines is 2. The van der Waals surface area contributed by atoms with Gasteiger partial charge in [-0.05, 0) is 118 Å². The van der Waals surface area contributed by atoms with E-state index in [-0.39, 0.29) is 24.0 Å². The number of Topliss-reactive ketones (excluding diaryl/α,β-unsaturated/α-hetero) is 3. The minimum atomic E-state index is -1.11. The van der Waals surface area contributed by atoms with Gasteiger partial charge in [-0.1, -0.05) is 57.2 Å². The zero-order valence-electron chi connectivity index (χ0n) is 38.2. The molecule has 6 rings (SSSR count). The molecule has 2 saturated heterocycles. The standard InChI is InChI=1S/C52H66N4O8/c1-6-50(5,46(57)40-13-9-38(10-14-40)35-51(53,7-2)47(58)41-17-21-44(22-18-41)55-26-31-61-32-27-55)63-30-25-37(4)64-49(60)43-15-11-39(12-16-43)36-52(54,8-3)48(59)42-19-23-45(24-20-42)56-28-33-62-34-29-56/h9-24,37H,6-8,25-36,53-54H2,1-5H3. The Hall–Kier alpha value is -5.24. The van der Waals surface area contributed by atoms with Crippen molar-refractivity contribution in [3.05, 3.63) is 130 Å². The molecule has 0 radical (unpaired) electrons. The van der Waals surface area contributed by atoms with Gasteiger partial charge in [0.15, 0.2) is 17.3 Å². The Labute approximate surface area is 378 Å². The van der Waals surface area contributed by atoms with Crippen LogP contribution in [0.3, 0.4) is 0 Å². The quantitative estimate of drug-likeness (QED) is 0.0630. The molecule has 4 atom stereocenters. The molecular weight excluding hydrogens is 809 g/mol. The fourth-order valence-electron chi connectivity index (χ4n) is 8.25. The van der Waals surface area contributed by atoms with Crippen molar-refractivity contribution in [3.8, 4) is 0 Å². The minimum absolute atomic E-state index is 0.119. The van der Waals surface area contributed by atoms with Crippen LogP contribution in [0.1, 0.15) is 113 Å². The summed E-state index contributed by atoms with van der Waals surface area (Å²) >= 11 is 0. The normalized spacial score (nSPS) is 17.7. The zero-order chi connectivity index (χ0) is 45.9. The molecule has 2 fully saturated rings. The van der Waals surface area contributed by atoms with Crippen LogP contribution < -0.4 is 21.3 Å². The van der Waals surface area contributed by atoms with E-state index in [9.17, 15) is 19.2 Å². The number of ether oxygens (including phenoxy) is 4. The Bertz CT molecular complexity index is 2180. The van der Waals surface area contributed by atoms with Gasteiger partial charge < -0.3 is 40.2 Å². The number of esters is 1. The first-order valence-corrected chi connectivity index (χ1v) is 22.8. The molecule has 4 aromatic carbocycles.